The van der Waals surface area contributed by atoms with Gasteiger partial charge in [0.2, 0.25) is 0 Å². The third kappa shape index (κ3) is 7.21. The molecule has 39 heavy (non-hydrogen) atoms. The number of nitrogens with one attached hydrogen (secondary N) is 1. The first-order valence-electron chi connectivity index (χ1n) is 14.8. The number of hydrogen-bond acceptors (Lipinski definition) is 3. The molecular weight excluding hydrogens is 529 g/mol. The van der Waals surface area contributed by atoms with E-state index in [-0.39, 0.29) is 11.7 Å². The van der Waals surface area contributed by atoms with Gasteiger partial charge in [-0.1, -0.05) is 96.1 Å². The van der Waals surface area contributed by atoms with Crippen molar-refractivity contribution >= 4 is 28.8 Å². The zero-order chi connectivity index (χ0) is 28.3. The van der Waals surface area contributed by atoms with E-state index < -0.39 is 0 Å². The van der Waals surface area contributed by atoms with Crippen LogP contribution < -0.4 is 10.4 Å². The number of aromatic amines is 1. The van der Waals surface area contributed by atoms with Gasteiger partial charge in [-0.3, -0.25) is 4.98 Å². The van der Waals surface area contributed by atoms with E-state index in [0.29, 0.717) is 46.1 Å². The minimum atomic E-state index is -0.329. The van der Waals surface area contributed by atoms with Crippen molar-refractivity contribution in [2.45, 2.75) is 86.5 Å². The molecule has 3 aromatic rings. The second kappa shape index (κ2) is 13.1. The normalized spacial score (nSPS) is 22.5. The van der Waals surface area contributed by atoms with Gasteiger partial charge in [-0.05, 0) is 78.9 Å². The minimum absolute atomic E-state index is 0.262. The Kier molecular flexibility index (Phi) is 10.1. The Bertz CT molecular complexity index is 1290. The van der Waals surface area contributed by atoms with Gasteiger partial charge in [0.25, 0.3) is 6.01 Å². The maximum Gasteiger partial charge on any atom is 0.336 e. The van der Waals surface area contributed by atoms with Crippen LogP contribution in [0.5, 0.6) is 6.01 Å². The fourth-order valence-corrected chi connectivity index (χ4v) is 7.12. The number of aromatic nitrogens is 3. The van der Waals surface area contributed by atoms with Gasteiger partial charge in [-0.25, -0.2) is 9.20 Å². The van der Waals surface area contributed by atoms with Crippen LogP contribution in [0.25, 0.3) is 16.8 Å². The maximum atomic E-state index is 13.3. The van der Waals surface area contributed by atoms with Crippen molar-refractivity contribution in [2.75, 3.05) is 6.61 Å². The molecule has 5 nitrogen and oxygen atoms in total. The Hall–Kier alpha value is -1.98. The van der Waals surface area contributed by atoms with E-state index in [0.717, 1.165) is 41.4 Å². The molecule has 214 valence electrons. The molecule has 7 heteroatoms. The van der Waals surface area contributed by atoms with Crippen LogP contribution in [-0.2, 0) is 6.42 Å². The Morgan fingerprint density at radius 2 is 1.69 bits per heavy atom. The van der Waals surface area contributed by atoms with E-state index in [1.807, 2.05) is 24.3 Å². The molecule has 1 aromatic carbocycles. The lowest BCUT2D eigenvalue weighted by Crippen LogP contribution is -2.30. The predicted octanol–water partition coefficient (Wildman–Crippen LogP) is 9.09. The number of H-pyrrole nitrogens is 1. The van der Waals surface area contributed by atoms with Gasteiger partial charge in [-0.2, -0.15) is 4.98 Å². The second-order valence-corrected chi connectivity index (χ2v) is 13.4. The number of halogens is 2. The Morgan fingerprint density at radius 1 is 1.03 bits per heavy atom. The maximum absolute atomic E-state index is 13.3. The highest BCUT2D eigenvalue weighted by Gasteiger charge is 2.34. The summed E-state index contributed by atoms with van der Waals surface area (Å²) in [5.41, 5.74) is 3.07. The van der Waals surface area contributed by atoms with Gasteiger partial charge in [0.15, 0.2) is 5.65 Å². The monoisotopic (exact) mass is 573 g/mol. The molecule has 4 rings (SSSR count). The zero-order valence-corrected chi connectivity index (χ0v) is 25.9. The average molecular weight is 575 g/mol. The molecule has 2 aromatic heterocycles. The van der Waals surface area contributed by atoms with E-state index in [1.54, 1.807) is 0 Å². The van der Waals surface area contributed by atoms with E-state index in [1.165, 1.54) is 36.5 Å². The summed E-state index contributed by atoms with van der Waals surface area (Å²) in [7, 11) is 0. The molecule has 0 bridgehead atoms. The average Bonchev–Trinajstić information content (AvgIpc) is 3.13. The molecule has 0 spiro atoms. The quantitative estimate of drug-likeness (QED) is 0.249. The summed E-state index contributed by atoms with van der Waals surface area (Å²) in [5, 5.41) is 1.04. The molecule has 2 heterocycles. The lowest BCUT2D eigenvalue weighted by molar-refractivity contribution is 0.136. The van der Waals surface area contributed by atoms with Crippen LogP contribution in [0.1, 0.15) is 85.6 Å². The molecule has 3 unspecified atom stereocenters. The number of rotatable bonds is 11. The van der Waals surface area contributed by atoms with Crippen molar-refractivity contribution in [2.24, 2.45) is 35.5 Å². The van der Waals surface area contributed by atoms with Crippen LogP contribution in [-0.4, -0.2) is 21.0 Å². The predicted molar refractivity (Wildman–Crippen MR) is 163 cm³/mol. The van der Waals surface area contributed by atoms with Gasteiger partial charge in [0, 0.05) is 16.1 Å². The van der Waals surface area contributed by atoms with Crippen LogP contribution in [0.15, 0.2) is 29.1 Å². The molecule has 1 saturated carbocycles. The fraction of sp³-hybridized carbons (Fsp3) is 0.625. The Morgan fingerprint density at radius 3 is 2.33 bits per heavy atom. The summed E-state index contributed by atoms with van der Waals surface area (Å²) in [4.78, 5) is 21.0. The van der Waals surface area contributed by atoms with E-state index in [2.05, 4.69) is 46.5 Å². The Labute approximate surface area is 243 Å². The number of ether oxygens (including phenoxy) is 1. The second-order valence-electron chi connectivity index (χ2n) is 12.6. The van der Waals surface area contributed by atoms with Crippen molar-refractivity contribution in [3.8, 4) is 17.1 Å². The standard InChI is InChI=1S/C32H45Cl2N3O2/c1-19(2)8-7-9-20(3)14-15-39-31-35-30-27(18-26-22(5)16-21(4)17-23(26)6)28(24-10-12-25(33)13-11-24)29(34)37(30)32(38)36-31/h10-13,19-23,26H,7-9,14-18H2,1-6H3,(H,35,36,38). The number of fused-ring (bicyclic) bond motifs is 1. The molecular formula is C32H45Cl2N3O2. The summed E-state index contributed by atoms with van der Waals surface area (Å²) >= 11 is 13.2. The molecule has 1 N–H and O–H groups in total. The summed E-state index contributed by atoms with van der Waals surface area (Å²) < 4.78 is 7.53. The molecule has 0 saturated heterocycles. The fourth-order valence-electron chi connectivity index (χ4n) is 6.61. The van der Waals surface area contributed by atoms with Crippen LogP contribution in [0, 0.1) is 35.5 Å². The van der Waals surface area contributed by atoms with E-state index in [4.69, 9.17) is 32.9 Å². The molecule has 0 amide bonds. The van der Waals surface area contributed by atoms with Crippen molar-refractivity contribution in [3.63, 3.8) is 0 Å². The summed E-state index contributed by atoms with van der Waals surface area (Å²) in [5.74, 6) is 3.65. The van der Waals surface area contributed by atoms with Crippen molar-refractivity contribution in [1.82, 2.24) is 14.4 Å². The highest BCUT2D eigenvalue weighted by atomic mass is 35.5. The summed E-state index contributed by atoms with van der Waals surface area (Å²) in [6.07, 6.45) is 7.82. The van der Waals surface area contributed by atoms with E-state index >= 15 is 0 Å². The zero-order valence-electron chi connectivity index (χ0n) is 24.4. The van der Waals surface area contributed by atoms with Gasteiger partial charge in [0.05, 0.1) is 6.61 Å². The summed E-state index contributed by atoms with van der Waals surface area (Å²) in [6, 6.07) is 7.92. The molecule has 1 fully saturated rings. The third-order valence-corrected chi connectivity index (χ3v) is 9.33. The smallest absolute Gasteiger partial charge is 0.336 e. The Balaban J connectivity index is 1.66. The summed E-state index contributed by atoms with van der Waals surface area (Å²) in [6.45, 7) is 14.4. The van der Waals surface area contributed by atoms with Gasteiger partial charge < -0.3 is 4.74 Å². The van der Waals surface area contributed by atoms with Crippen molar-refractivity contribution in [1.29, 1.82) is 0 Å². The van der Waals surface area contributed by atoms with Gasteiger partial charge in [-0.15, -0.1) is 0 Å². The first kappa shape index (κ1) is 30.0. The molecule has 1 aliphatic rings. The van der Waals surface area contributed by atoms with E-state index in [9.17, 15) is 4.79 Å². The minimum Gasteiger partial charge on any atom is -0.465 e. The van der Waals surface area contributed by atoms with Crippen LogP contribution in [0.4, 0.5) is 0 Å². The molecule has 0 aliphatic heterocycles. The van der Waals surface area contributed by atoms with Gasteiger partial charge >= 0.3 is 5.69 Å². The number of benzene rings is 1. The van der Waals surface area contributed by atoms with Gasteiger partial charge in [0.1, 0.15) is 5.15 Å². The lowest BCUT2D eigenvalue weighted by atomic mass is 9.67. The van der Waals surface area contributed by atoms with Crippen LogP contribution >= 0.6 is 23.2 Å². The van der Waals surface area contributed by atoms with Crippen LogP contribution in [0.3, 0.4) is 0 Å². The third-order valence-electron chi connectivity index (χ3n) is 8.72. The topological polar surface area (TPSA) is 59.4 Å². The SMILES string of the molecule is CC(C)CCCC(C)CCOc1nc2c(CC3C(C)CC(C)CC3C)c(-c3ccc(Cl)cc3)c(Cl)n2c(=O)[nH]1. The van der Waals surface area contributed by atoms with Crippen molar-refractivity contribution in [3.05, 3.63) is 50.5 Å². The molecule has 0 radical (unpaired) electrons. The lowest BCUT2D eigenvalue weighted by Gasteiger charge is -2.38. The highest BCUT2D eigenvalue weighted by Crippen LogP contribution is 2.43. The largest absolute Gasteiger partial charge is 0.465 e. The number of hydrogen-bond donors (Lipinski definition) is 1. The first-order valence-corrected chi connectivity index (χ1v) is 15.5. The highest BCUT2D eigenvalue weighted by molar-refractivity contribution is 6.33. The molecule has 3 atom stereocenters. The first-order chi connectivity index (χ1) is 18.5. The molecule has 1 aliphatic carbocycles. The van der Waals surface area contributed by atoms with Crippen LogP contribution in [0.2, 0.25) is 10.2 Å². The van der Waals surface area contributed by atoms with Crippen molar-refractivity contribution < 1.29 is 4.74 Å². The number of nitrogens with zero attached hydrogens (tertiary/aromatic N) is 2.